The van der Waals surface area contributed by atoms with Gasteiger partial charge in [-0.1, -0.05) is 13.8 Å². The number of hydrogen-bond acceptors (Lipinski definition) is 1. The Kier molecular flexibility index (Phi) is 5.09. The minimum Gasteiger partial charge on any atom is -0.381 e. The lowest BCUT2D eigenvalue weighted by Gasteiger charge is -2.29. The molecule has 1 nitrogen and oxygen atoms in total. The van der Waals surface area contributed by atoms with Gasteiger partial charge < -0.3 is 4.74 Å². The van der Waals surface area contributed by atoms with Gasteiger partial charge in [0.1, 0.15) is 0 Å². The fourth-order valence-electron chi connectivity index (χ4n) is 2.13. The first-order valence-electron chi connectivity index (χ1n) is 6.04. The largest absolute Gasteiger partial charge is 0.391 e. The second-order valence-corrected chi connectivity index (χ2v) is 5.19. The fourth-order valence-corrected chi connectivity index (χ4v) is 2.13. The Morgan fingerprint density at radius 2 is 1.69 bits per heavy atom. The number of ether oxygens (including phenoxy) is 1. The summed E-state index contributed by atoms with van der Waals surface area (Å²) in [6.07, 6.45) is -2.13. The van der Waals surface area contributed by atoms with Crippen molar-refractivity contribution < 1.29 is 17.9 Å². The zero-order chi connectivity index (χ0) is 12.2. The van der Waals surface area contributed by atoms with Crippen molar-refractivity contribution >= 4 is 0 Å². The Morgan fingerprint density at radius 3 is 2.12 bits per heavy atom. The molecule has 0 atom stereocenters. The predicted molar refractivity (Wildman–Crippen MR) is 57.2 cm³/mol. The molecule has 0 aromatic carbocycles. The lowest BCUT2D eigenvalue weighted by Crippen LogP contribution is -2.29. The standard InChI is InChI=1S/C12H21F3O/c1-9(2)7-16-8-10-3-5-11(6-4-10)12(13,14)15/h9-11H,3-8H2,1-2H3. The molecule has 96 valence electrons. The third-order valence-electron chi connectivity index (χ3n) is 3.11. The predicted octanol–water partition coefficient (Wildman–Crippen LogP) is 4.03. The maximum absolute atomic E-state index is 12.4. The van der Waals surface area contributed by atoms with Crippen molar-refractivity contribution in [3.63, 3.8) is 0 Å². The second-order valence-electron chi connectivity index (χ2n) is 5.19. The van der Waals surface area contributed by atoms with Gasteiger partial charge in [0.2, 0.25) is 0 Å². The molecule has 0 radical (unpaired) electrons. The van der Waals surface area contributed by atoms with Crippen LogP contribution in [0.1, 0.15) is 39.5 Å². The summed E-state index contributed by atoms with van der Waals surface area (Å²) in [6, 6.07) is 0. The molecule has 0 aliphatic heterocycles. The quantitative estimate of drug-likeness (QED) is 0.718. The summed E-state index contributed by atoms with van der Waals surface area (Å²) in [5, 5.41) is 0. The van der Waals surface area contributed by atoms with E-state index in [1.807, 2.05) is 0 Å². The molecule has 0 bridgehead atoms. The highest BCUT2D eigenvalue weighted by molar-refractivity contribution is 4.76. The highest BCUT2D eigenvalue weighted by Crippen LogP contribution is 2.39. The highest BCUT2D eigenvalue weighted by atomic mass is 19.4. The molecule has 1 rings (SSSR count). The van der Waals surface area contributed by atoms with Gasteiger partial charge in [-0.05, 0) is 37.5 Å². The zero-order valence-corrected chi connectivity index (χ0v) is 10.0. The zero-order valence-electron chi connectivity index (χ0n) is 10.0. The summed E-state index contributed by atoms with van der Waals surface area (Å²) in [4.78, 5) is 0. The first-order chi connectivity index (χ1) is 7.39. The van der Waals surface area contributed by atoms with Crippen molar-refractivity contribution in [3.05, 3.63) is 0 Å². The van der Waals surface area contributed by atoms with E-state index in [1.165, 1.54) is 0 Å². The molecule has 0 heterocycles. The van der Waals surface area contributed by atoms with E-state index in [9.17, 15) is 13.2 Å². The molecule has 0 saturated heterocycles. The molecule has 0 amide bonds. The molecule has 0 unspecified atom stereocenters. The maximum Gasteiger partial charge on any atom is 0.391 e. The monoisotopic (exact) mass is 238 g/mol. The van der Waals surface area contributed by atoms with E-state index >= 15 is 0 Å². The van der Waals surface area contributed by atoms with Crippen molar-refractivity contribution in [1.29, 1.82) is 0 Å². The lowest BCUT2D eigenvalue weighted by atomic mass is 9.82. The molecule has 1 fully saturated rings. The molecular weight excluding hydrogens is 217 g/mol. The summed E-state index contributed by atoms with van der Waals surface area (Å²) in [5.41, 5.74) is 0. The van der Waals surface area contributed by atoms with Crippen LogP contribution in [0.25, 0.3) is 0 Å². The smallest absolute Gasteiger partial charge is 0.381 e. The molecule has 16 heavy (non-hydrogen) atoms. The molecule has 1 aliphatic rings. The van der Waals surface area contributed by atoms with E-state index in [4.69, 9.17) is 4.74 Å². The summed E-state index contributed by atoms with van der Waals surface area (Å²) in [5.74, 6) is -0.252. The van der Waals surface area contributed by atoms with Gasteiger partial charge in [0.05, 0.1) is 5.92 Å². The molecule has 4 heteroatoms. The molecule has 1 saturated carbocycles. The number of alkyl halides is 3. The van der Waals surface area contributed by atoms with Crippen molar-refractivity contribution in [3.8, 4) is 0 Å². The second kappa shape index (κ2) is 5.89. The molecule has 0 aromatic heterocycles. The average molecular weight is 238 g/mol. The normalized spacial score (nSPS) is 27.4. The maximum atomic E-state index is 12.4. The Hall–Kier alpha value is -0.250. The van der Waals surface area contributed by atoms with Crippen molar-refractivity contribution in [1.82, 2.24) is 0 Å². The number of rotatable bonds is 4. The van der Waals surface area contributed by atoms with Crippen molar-refractivity contribution in [2.75, 3.05) is 13.2 Å². The van der Waals surface area contributed by atoms with Gasteiger partial charge >= 0.3 is 6.18 Å². The van der Waals surface area contributed by atoms with E-state index in [2.05, 4.69) is 13.8 Å². The first-order valence-corrected chi connectivity index (χ1v) is 6.04. The van der Waals surface area contributed by atoms with Crippen LogP contribution in [0.2, 0.25) is 0 Å². The van der Waals surface area contributed by atoms with Gasteiger partial charge in [0, 0.05) is 13.2 Å². The molecule has 1 aliphatic carbocycles. The Morgan fingerprint density at radius 1 is 1.12 bits per heavy atom. The Balaban J connectivity index is 2.17. The summed E-state index contributed by atoms with van der Waals surface area (Å²) in [6.45, 7) is 5.48. The van der Waals surface area contributed by atoms with E-state index in [-0.39, 0.29) is 12.8 Å². The topological polar surface area (TPSA) is 9.23 Å². The molecule has 0 spiro atoms. The average Bonchev–Trinajstić information content (AvgIpc) is 2.16. The van der Waals surface area contributed by atoms with Crippen LogP contribution in [0, 0.1) is 17.8 Å². The summed E-state index contributed by atoms with van der Waals surface area (Å²) >= 11 is 0. The van der Waals surface area contributed by atoms with Gasteiger partial charge in [0.15, 0.2) is 0 Å². The van der Waals surface area contributed by atoms with E-state index < -0.39 is 12.1 Å². The third kappa shape index (κ3) is 4.73. The molecule has 0 N–H and O–H groups in total. The molecule has 0 aromatic rings. The van der Waals surface area contributed by atoms with E-state index in [1.54, 1.807) is 0 Å². The van der Waals surface area contributed by atoms with Crippen molar-refractivity contribution in [2.24, 2.45) is 17.8 Å². The number of hydrogen-bond donors (Lipinski definition) is 0. The van der Waals surface area contributed by atoms with Crippen LogP contribution in [0.5, 0.6) is 0 Å². The lowest BCUT2D eigenvalue weighted by molar-refractivity contribution is -0.184. The summed E-state index contributed by atoms with van der Waals surface area (Å²) in [7, 11) is 0. The SMILES string of the molecule is CC(C)COCC1CCC(C(F)(F)F)CC1. The van der Waals surface area contributed by atoms with Crippen molar-refractivity contribution in [2.45, 2.75) is 45.7 Å². The van der Waals surface area contributed by atoms with Crippen LogP contribution in [0.15, 0.2) is 0 Å². The first kappa shape index (κ1) is 13.8. The molecular formula is C12H21F3O. The van der Waals surface area contributed by atoms with Crippen LogP contribution in [-0.2, 0) is 4.74 Å². The van der Waals surface area contributed by atoms with Crippen LogP contribution in [-0.4, -0.2) is 19.4 Å². The van der Waals surface area contributed by atoms with Crippen LogP contribution in [0.3, 0.4) is 0 Å². The minimum absolute atomic E-state index is 0.277. The Bertz CT molecular complexity index is 193. The number of halogens is 3. The van der Waals surface area contributed by atoms with Crippen LogP contribution in [0.4, 0.5) is 13.2 Å². The van der Waals surface area contributed by atoms with Crippen LogP contribution >= 0.6 is 0 Å². The van der Waals surface area contributed by atoms with Gasteiger partial charge in [0.25, 0.3) is 0 Å². The van der Waals surface area contributed by atoms with E-state index in [0.717, 1.165) is 0 Å². The van der Waals surface area contributed by atoms with Gasteiger partial charge in [-0.3, -0.25) is 0 Å². The highest BCUT2D eigenvalue weighted by Gasteiger charge is 2.41. The van der Waals surface area contributed by atoms with Gasteiger partial charge in [-0.2, -0.15) is 13.2 Å². The third-order valence-corrected chi connectivity index (χ3v) is 3.11. The van der Waals surface area contributed by atoms with Gasteiger partial charge in [-0.15, -0.1) is 0 Å². The van der Waals surface area contributed by atoms with Gasteiger partial charge in [-0.25, -0.2) is 0 Å². The summed E-state index contributed by atoms with van der Waals surface area (Å²) < 4.78 is 42.7. The fraction of sp³-hybridized carbons (Fsp3) is 1.00. The van der Waals surface area contributed by atoms with Crippen LogP contribution < -0.4 is 0 Å². The Labute approximate surface area is 95.4 Å². The minimum atomic E-state index is -4.00. The van der Waals surface area contributed by atoms with E-state index in [0.29, 0.717) is 37.9 Å².